The molecule has 1 heterocycles. The van der Waals surface area contributed by atoms with Crippen molar-refractivity contribution < 1.29 is 9.59 Å². The molecule has 166 valence electrons. The number of rotatable bonds is 10. The molecule has 2 amide bonds. The fourth-order valence-electron chi connectivity index (χ4n) is 3.68. The summed E-state index contributed by atoms with van der Waals surface area (Å²) < 4.78 is 0. The van der Waals surface area contributed by atoms with E-state index in [2.05, 4.69) is 39.7 Å². The number of carbonyl (C=O) groups is 2. The van der Waals surface area contributed by atoms with Crippen molar-refractivity contribution in [3.05, 3.63) is 35.4 Å². The molecule has 1 aliphatic rings. The second-order valence-electron chi connectivity index (χ2n) is 7.56. The van der Waals surface area contributed by atoms with E-state index in [1.165, 1.54) is 32.2 Å². The number of piperidine rings is 1. The Kier molecular flexibility index (Phi) is 10.1. The normalized spacial score (nSPS) is 17.4. The third-order valence-corrected chi connectivity index (χ3v) is 5.32. The molecule has 0 saturated carbocycles. The summed E-state index contributed by atoms with van der Waals surface area (Å²) in [7, 11) is 0. The van der Waals surface area contributed by atoms with Gasteiger partial charge in [-0.3, -0.25) is 14.5 Å². The summed E-state index contributed by atoms with van der Waals surface area (Å²) in [6.07, 6.45) is 5.16. The number of nitrogens with one attached hydrogen (secondary N) is 3. The Bertz CT molecular complexity index is 704. The van der Waals surface area contributed by atoms with Crippen LogP contribution in [0.3, 0.4) is 0 Å². The molecule has 0 radical (unpaired) electrons. The maximum atomic E-state index is 11.9. The Balaban J connectivity index is 1.84. The van der Waals surface area contributed by atoms with Crippen LogP contribution in [-0.2, 0) is 11.3 Å². The van der Waals surface area contributed by atoms with Gasteiger partial charge in [0.15, 0.2) is 5.96 Å². The third kappa shape index (κ3) is 8.02. The molecule has 1 aromatic carbocycles. The predicted molar refractivity (Wildman–Crippen MR) is 120 cm³/mol. The molecule has 1 atom stereocenters. The van der Waals surface area contributed by atoms with Gasteiger partial charge in [0.25, 0.3) is 5.91 Å². The van der Waals surface area contributed by atoms with Crippen LogP contribution in [0.4, 0.5) is 0 Å². The standard InChI is InChI=1S/C22H36N6O2/c1-3-19-7-5-6-13-28(19)14-12-25-22(24-4-2)27-15-17-8-10-18(11-9-17)21(30)26-16-20(23)29/h8-11,19H,3-7,12-16H2,1-2H3,(H2,23,29)(H,26,30)(H2,24,25,27). The van der Waals surface area contributed by atoms with Gasteiger partial charge in [-0.2, -0.15) is 0 Å². The molecular weight excluding hydrogens is 380 g/mol. The largest absolute Gasteiger partial charge is 0.368 e. The second kappa shape index (κ2) is 12.8. The number of hydrogen-bond donors (Lipinski definition) is 4. The van der Waals surface area contributed by atoms with Gasteiger partial charge in [0.1, 0.15) is 0 Å². The molecule has 1 unspecified atom stereocenters. The molecule has 5 N–H and O–H groups in total. The highest BCUT2D eigenvalue weighted by Gasteiger charge is 2.19. The molecule has 0 aliphatic carbocycles. The first-order valence-corrected chi connectivity index (χ1v) is 10.9. The highest BCUT2D eigenvalue weighted by atomic mass is 16.2. The molecule has 2 rings (SSSR count). The maximum absolute atomic E-state index is 11.9. The zero-order chi connectivity index (χ0) is 21.8. The Hall–Kier alpha value is -2.61. The number of aliphatic imine (C=N–C) groups is 1. The van der Waals surface area contributed by atoms with Crippen molar-refractivity contribution in [1.29, 1.82) is 0 Å². The van der Waals surface area contributed by atoms with Crippen LogP contribution in [-0.4, -0.2) is 61.4 Å². The summed E-state index contributed by atoms with van der Waals surface area (Å²) in [5.41, 5.74) is 6.53. The number of benzene rings is 1. The van der Waals surface area contributed by atoms with Crippen molar-refractivity contribution in [1.82, 2.24) is 20.9 Å². The van der Waals surface area contributed by atoms with E-state index in [0.717, 1.165) is 31.2 Å². The lowest BCUT2D eigenvalue weighted by Crippen LogP contribution is -2.45. The summed E-state index contributed by atoms with van der Waals surface area (Å²) in [6.45, 7) is 8.54. The Labute approximate surface area is 179 Å². The van der Waals surface area contributed by atoms with Crippen LogP contribution in [0.25, 0.3) is 0 Å². The van der Waals surface area contributed by atoms with E-state index < -0.39 is 5.91 Å². The van der Waals surface area contributed by atoms with Crippen LogP contribution >= 0.6 is 0 Å². The van der Waals surface area contributed by atoms with E-state index >= 15 is 0 Å². The van der Waals surface area contributed by atoms with Gasteiger partial charge in [-0.05, 0) is 50.4 Å². The molecule has 1 saturated heterocycles. The third-order valence-electron chi connectivity index (χ3n) is 5.32. The van der Waals surface area contributed by atoms with E-state index in [0.29, 0.717) is 18.2 Å². The topological polar surface area (TPSA) is 112 Å². The van der Waals surface area contributed by atoms with E-state index in [9.17, 15) is 9.59 Å². The van der Waals surface area contributed by atoms with Gasteiger partial charge in [-0.15, -0.1) is 0 Å². The lowest BCUT2D eigenvalue weighted by molar-refractivity contribution is -0.117. The van der Waals surface area contributed by atoms with Crippen molar-refractivity contribution in [3.63, 3.8) is 0 Å². The molecule has 0 bridgehead atoms. The van der Waals surface area contributed by atoms with Gasteiger partial charge in [-0.25, -0.2) is 4.99 Å². The zero-order valence-electron chi connectivity index (χ0n) is 18.2. The number of hydrogen-bond acceptors (Lipinski definition) is 4. The number of primary amides is 1. The van der Waals surface area contributed by atoms with Crippen LogP contribution in [0, 0.1) is 0 Å². The number of nitrogens with zero attached hydrogens (tertiary/aromatic N) is 2. The fourth-order valence-corrected chi connectivity index (χ4v) is 3.68. The van der Waals surface area contributed by atoms with Crippen molar-refractivity contribution in [2.24, 2.45) is 10.7 Å². The van der Waals surface area contributed by atoms with E-state index in [1.54, 1.807) is 12.1 Å². The van der Waals surface area contributed by atoms with Crippen LogP contribution in [0.15, 0.2) is 29.3 Å². The first-order chi connectivity index (χ1) is 14.5. The van der Waals surface area contributed by atoms with Crippen LogP contribution in [0.2, 0.25) is 0 Å². The SMILES string of the molecule is CCNC(=NCc1ccc(C(=O)NCC(N)=O)cc1)NCCN1CCCCC1CC. The molecule has 0 aromatic heterocycles. The van der Waals surface area contributed by atoms with Gasteiger partial charge in [0.2, 0.25) is 5.91 Å². The molecule has 0 spiro atoms. The van der Waals surface area contributed by atoms with Gasteiger partial charge >= 0.3 is 0 Å². The van der Waals surface area contributed by atoms with Crippen molar-refractivity contribution in [2.45, 2.75) is 52.1 Å². The number of carbonyl (C=O) groups excluding carboxylic acids is 2. The predicted octanol–water partition coefficient (Wildman–Crippen LogP) is 1.22. The molecule has 30 heavy (non-hydrogen) atoms. The monoisotopic (exact) mass is 416 g/mol. The first kappa shape index (κ1) is 23.7. The smallest absolute Gasteiger partial charge is 0.251 e. The number of amides is 2. The average molecular weight is 417 g/mol. The Morgan fingerprint density at radius 1 is 1.13 bits per heavy atom. The maximum Gasteiger partial charge on any atom is 0.251 e. The molecule has 8 nitrogen and oxygen atoms in total. The van der Waals surface area contributed by atoms with Crippen LogP contribution in [0.5, 0.6) is 0 Å². The Morgan fingerprint density at radius 3 is 2.57 bits per heavy atom. The minimum absolute atomic E-state index is 0.168. The summed E-state index contributed by atoms with van der Waals surface area (Å²) in [6, 6.07) is 7.89. The van der Waals surface area contributed by atoms with Gasteiger partial charge < -0.3 is 21.7 Å². The lowest BCUT2D eigenvalue weighted by Gasteiger charge is -2.35. The molecular formula is C22H36N6O2. The minimum Gasteiger partial charge on any atom is -0.368 e. The van der Waals surface area contributed by atoms with Gasteiger partial charge in [-0.1, -0.05) is 25.5 Å². The van der Waals surface area contributed by atoms with Crippen molar-refractivity contribution >= 4 is 17.8 Å². The summed E-state index contributed by atoms with van der Waals surface area (Å²) in [5.74, 6) is -0.0870. The van der Waals surface area contributed by atoms with E-state index in [1.807, 2.05) is 12.1 Å². The lowest BCUT2D eigenvalue weighted by atomic mass is 10.0. The zero-order valence-corrected chi connectivity index (χ0v) is 18.2. The number of guanidine groups is 1. The van der Waals surface area contributed by atoms with E-state index in [-0.39, 0.29) is 12.5 Å². The summed E-state index contributed by atoms with van der Waals surface area (Å²) in [4.78, 5) is 29.9. The van der Waals surface area contributed by atoms with Crippen LogP contribution in [0.1, 0.15) is 55.5 Å². The highest BCUT2D eigenvalue weighted by molar-refractivity contribution is 5.96. The molecule has 1 aliphatic heterocycles. The minimum atomic E-state index is -0.566. The fraction of sp³-hybridized carbons (Fsp3) is 0.591. The van der Waals surface area contributed by atoms with Crippen molar-refractivity contribution in [2.75, 3.05) is 32.7 Å². The molecule has 1 aromatic rings. The van der Waals surface area contributed by atoms with Crippen molar-refractivity contribution in [3.8, 4) is 0 Å². The number of likely N-dealkylation sites (tertiary alicyclic amines) is 1. The summed E-state index contributed by atoms with van der Waals surface area (Å²) in [5, 5.41) is 9.19. The second-order valence-corrected chi connectivity index (χ2v) is 7.56. The quantitative estimate of drug-likeness (QED) is 0.338. The molecule has 1 fully saturated rings. The van der Waals surface area contributed by atoms with E-state index in [4.69, 9.17) is 5.73 Å². The summed E-state index contributed by atoms with van der Waals surface area (Å²) >= 11 is 0. The molecule has 8 heteroatoms. The average Bonchev–Trinajstić information content (AvgIpc) is 2.76. The van der Waals surface area contributed by atoms with Crippen LogP contribution < -0.4 is 21.7 Å². The first-order valence-electron chi connectivity index (χ1n) is 10.9. The van der Waals surface area contributed by atoms with Gasteiger partial charge in [0.05, 0.1) is 13.1 Å². The number of nitrogens with two attached hydrogens (primary N) is 1. The van der Waals surface area contributed by atoms with Gasteiger partial charge in [0, 0.05) is 31.2 Å². The highest BCUT2D eigenvalue weighted by Crippen LogP contribution is 2.18. The Morgan fingerprint density at radius 2 is 1.90 bits per heavy atom.